The third-order valence-electron chi connectivity index (χ3n) is 3.31. The van der Waals surface area contributed by atoms with Gasteiger partial charge in [0.1, 0.15) is 18.1 Å². The summed E-state index contributed by atoms with van der Waals surface area (Å²) >= 11 is 0. The normalized spacial score (nSPS) is 10.7. The van der Waals surface area contributed by atoms with Crippen molar-refractivity contribution in [1.29, 1.82) is 0 Å². The van der Waals surface area contributed by atoms with Crippen LogP contribution in [0.1, 0.15) is 25.0 Å². The number of rotatable bonds is 8. The summed E-state index contributed by atoms with van der Waals surface area (Å²) in [7, 11) is 0. The Hall–Kier alpha value is -2.16. The van der Waals surface area contributed by atoms with Crippen LogP contribution in [0.2, 0.25) is 0 Å². The quantitative estimate of drug-likeness (QED) is 0.708. The second kappa shape index (κ2) is 8.47. The molecule has 0 saturated carbocycles. The predicted octanol–water partition coefficient (Wildman–Crippen LogP) is 4.83. The molecule has 0 aliphatic carbocycles. The molecule has 0 atom stereocenters. The fourth-order valence-corrected chi connectivity index (χ4v) is 2.34. The molecule has 0 bridgehead atoms. The summed E-state index contributed by atoms with van der Waals surface area (Å²) in [5.41, 5.74) is 3.50. The van der Waals surface area contributed by atoms with Crippen molar-refractivity contribution in [2.75, 3.05) is 25.1 Å². The van der Waals surface area contributed by atoms with Crippen LogP contribution in [-0.2, 0) is 0 Å². The first-order chi connectivity index (χ1) is 11.0. The van der Waals surface area contributed by atoms with Gasteiger partial charge in [-0.15, -0.1) is 0 Å². The summed E-state index contributed by atoms with van der Waals surface area (Å²) in [6.45, 7) is 10.6. The van der Waals surface area contributed by atoms with Crippen molar-refractivity contribution in [2.24, 2.45) is 5.92 Å². The van der Waals surface area contributed by atoms with Gasteiger partial charge in [0, 0.05) is 18.3 Å². The molecule has 0 spiro atoms. The lowest BCUT2D eigenvalue weighted by Gasteiger charge is -2.12. The average Bonchev–Trinajstić information content (AvgIpc) is 2.49. The van der Waals surface area contributed by atoms with Gasteiger partial charge in [0.15, 0.2) is 0 Å². The van der Waals surface area contributed by atoms with E-state index in [0.717, 1.165) is 30.3 Å². The Morgan fingerprint density at radius 2 is 1.65 bits per heavy atom. The summed E-state index contributed by atoms with van der Waals surface area (Å²) in [6, 6.07) is 14.3. The van der Waals surface area contributed by atoms with Gasteiger partial charge in [0.2, 0.25) is 0 Å². The number of anilines is 1. The van der Waals surface area contributed by atoms with E-state index in [-0.39, 0.29) is 0 Å². The first kappa shape index (κ1) is 17.2. The van der Waals surface area contributed by atoms with E-state index in [1.54, 1.807) is 0 Å². The zero-order chi connectivity index (χ0) is 16.7. The second-order valence-corrected chi connectivity index (χ2v) is 6.33. The average molecular weight is 313 g/mol. The van der Waals surface area contributed by atoms with Crippen LogP contribution >= 0.6 is 0 Å². The third-order valence-corrected chi connectivity index (χ3v) is 3.31. The first-order valence-corrected chi connectivity index (χ1v) is 8.21. The number of ether oxygens (including phenoxy) is 2. The van der Waals surface area contributed by atoms with Crippen LogP contribution in [0.5, 0.6) is 11.5 Å². The zero-order valence-electron chi connectivity index (χ0n) is 14.6. The lowest BCUT2D eigenvalue weighted by atomic mass is 10.1. The molecule has 3 nitrogen and oxygen atoms in total. The van der Waals surface area contributed by atoms with Gasteiger partial charge in [-0.25, -0.2) is 0 Å². The molecule has 0 heterocycles. The maximum absolute atomic E-state index is 5.80. The molecule has 23 heavy (non-hydrogen) atoms. The molecule has 0 aliphatic rings. The lowest BCUT2D eigenvalue weighted by molar-refractivity contribution is 0.271. The Bertz CT molecular complexity index is 603. The van der Waals surface area contributed by atoms with Gasteiger partial charge in [-0.1, -0.05) is 26.0 Å². The minimum Gasteiger partial charge on any atom is -0.493 e. The number of hydrogen-bond acceptors (Lipinski definition) is 3. The monoisotopic (exact) mass is 313 g/mol. The Morgan fingerprint density at radius 1 is 0.913 bits per heavy atom. The molecule has 1 N–H and O–H groups in total. The van der Waals surface area contributed by atoms with Gasteiger partial charge in [-0.05, 0) is 55.2 Å². The number of hydrogen-bond donors (Lipinski definition) is 1. The maximum Gasteiger partial charge on any atom is 0.121 e. The highest BCUT2D eigenvalue weighted by molar-refractivity contribution is 5.48. The molecule has 0 saturated heterocycles. The van der Waals surface area contributed by atoms with Crippen LogP contribution in [-0.4, -0.2) is 19.8 Å². The van der Waals surface area contributed by atoms with Crippen LogP contribution in [0.3, 0.4) is 0 Å². The van der Waals surface area contributed by atoms with Crippen LogP contribution < -0.4 is 14.8 Å². The van der Waals surface area contributed by atoms with Crippen molar-refractivity contribution in [2.45, 2.75) is 27.7 Å². The summed E-state index contributed by atoms with van der Waals surface area (Å²) < 4.78 is 11.5. The summed E-state index contributed by atoms with van der Waals surface area (Å²) in [5.74, 6) is 2.36. The summed E-state index contributed by atoms with van der Waals surface area (Å²) in [5, 5.41) is 3.37. The van der Waals surface area contributed by atoms with Gasteiger partial charge in [0.05, 0.1) is 6.61 Å². The molecule has 0 unspecified atom stereocenters. The van der Waals surface area contributed by atoms with Crippen molar-refractivity contribution in [1.82, 2.24) is 0 Å². The largest absolute Gasteiger partial charge is 0.493 e. The number of aryl methyl sites for hydroxylation is 2. The predicted molar refractivity (Wildman–Crippen MR) is 96.7 cm³/mol. The fraction of sp³-hybridized carbons (Fsp3) is 0.400. The molecule has 2 aromatic rings. The van der Waals surface area contributed by atoms with E-state index < -0.39 is 0 Å². The first-order valence-electron chi connectivity index (χ1n) is 8.21. The van der Waals surface area contributed by atoms with E-state index in [1.165, 1.54) is 11.1 Å². The fourth-order valence-electron chi connectivity index (χ4n) is 2.34. The van der Waals surface area contributed by atoms with E-state index in [9.17, 15) is 0 Å². The van der Waals surface area contributed by atoms with Crippen molar-refractivity contribution < 1.29 is 9.47 Å². The van der Waals surface area contributed by atoms with Gasteiger partial charge < -0.3 is 14.8 Å². The van der Waals surface area contributed by atoms with E-state index in [2.05, 4.69) is 51.2 Å². The highest BCUT2D eigenvalue weighted by Crippen LogP contribution is 2.18. The minimum atomic E-state index is 0.526. The zero-order valence-corrected chi connectivity index (χ0v) is 14.6. The topological polar surface area (TPSA) is 30.5 Å². The Labute approximate surface area is 139 Å². The van der Waals surface area contributed by atoms with Crippen molar-refractivity contribution >= 4 is 5.69 Å². The third kappa shape index (κ3) is 6.23. The molecular weight excluding hydrogens is 286 g/mol. The summed E-state index contributed by atoms with van der Waals surface area (Å²) in [4.78, 5) is 0. The molecule has 0 radical (unpaired) electrons. The van der Waals surface area contributed by atoms with Gasteiger partial charge >= 0.3 is 0 Å². The maximum atomic E-state index is 5.80. The molecule has 0 amide bonds. The lowest BCUT2D eigenvalue weighted by Crippen LogP contribution is -2.12. The molecule has 2 rings (SSSR count). The van der Waals surface area contributed by atoms with Gasteiger partial charge in [-0.3, -0.25) is 0 Å². The SMILES string of the molecule is Cc1cc(C)cc(OCCNc2cccc(OCC(C)C)c2)c1. The van der Waals surface area contributed by atoms with Crippen molar-refractivity contribution in [3.63, 3.8) is 0 Å². The van der Waals surface area contributed by atoms with E-state index in [0.29, 0.717) is 12.5 Å². The highest BCUT2D eigenvalue weighted by atomic mass is 16.5. The van der Waals surface area contributed by atoms with Crippen molar-refractivity contribution in [3.8, 4) is 11.5 Å². The Kier molecular flexibility index (Phi) is 6.33. The number of benzene rings is 2. The minimum absolute atomic E-state index is 0.526. The van der Waals surface area contributed by atoms with Crippen molar-refractivity contribution in [3.05, 3.63) is 53.6 Å². The molecule has 124 valence electrons. The smallest absolute Gasteiger partial charge is 0.121 e. The molecular formula is C20H27NO2. The van der Waals surface area contributed by atoms with E-state index in [1.807, 2.05) is 24.3 Å². The van der Waals surface area contributed by atoms with Crippen LogP contribution in [0.4, 0.5) is 5.69 Å². The van der Waals surface area contributed by atoms with Crippen LogP contribution in [0.25, 0.3) is 0 Å². The van der Waals surface area contributed by atoms with Gasteiger partial charge in [-0.2, -0.15) is 0 Å². The summed E-state index contributed by atoms with van der Waals surface area (Å²) in [6.07, 6.45) is 0. The Morgan fingerprint density at radius 3 is 2.35 bits per heavy atom. The van der Waals surface area contributed by atoms with Crippen LogP contribution in [0.15, 0.2) is 42.5 Å². The van der Waals surface area contributed by atoms with E-state index >= 15 is 0 Å². The van der Waals surface area contributed by atoms with Gasteiger partial charge in [0.25, 0.3) is 0 Å². The highest BCUT2D eigenvalue weighted by Gasteiger charge is 2.00. The standard InChI is InChI=1S/C20H27NO2/c1-15(2)14-23-19-7-5-6-18(13-19)21-8-9-22-20-11-16(3)10-17(4)12-20/h5-7,10-13,15,21H,8-9,14H2,1-4H3. The molecule has 0 aromatic heterocycles. The molecule has 2 aromatic carbocycles. The van der Waals surface area contributed by atoms with Crippen LogP contribution in [0, 0.1) is 19.8 Å². The second-order valence-electron chi connectivity index (χ2n) is 6.33. The molecule has 0 fully saturated rings. The number of nitrogens with one attached hydrogen (secondary N) is 1. The molecule has 0 aliphatic heterocycles. The molecule has 3 heteroatoms. The van der Waals surface area contributed by atoms with E-state index in [4.69, 9.17) is 9.47 Å². The Balaban J connectivity index is 1.78.